The van der Waals surface area contributed by atoms with Crippen molar-refractivity contribution in [3.63, 3.8) is 0 Å². The molecule has 2 rings (SSSR count). The molecular weight excluding hydrogens is 220 g/mol. The van der Waals surface area contributed by atoms with E-state index in [2.05, 4.69) is 67.1 Å². The minimum Gasteiger partial charge on any atom is -0.342 e. The molecule has 1 aromatic carbocycles. The van der Waals surface area contributed by atoms with Crippen LogP contribution in [0.3, 0.4) is 0 Å². The second-order valence-corrected chi connectivity index (χ2v) is 4.88. The molecular formula is C16H22N2. The molecule has 96 valence electrons. The van der Waals surface area contributed by atoms with Gasteiger partial charge in [0.05, 0.1) is 6.04 Å². The van der Waals surface area contributed by atoms with Crippen molar-refractivity contribution in [1.29, 1.82) is 0 Å². The molecule has 0 saturated carbocycles. The molecule has 0 amide bonds. The summed E-state index contributed by atoms with van der Waals surface area (Å²) in [6, 6.07) is 13.3. The van der Waals surface area contributed by atoms with E-state index >= 15 is 0 Å². The lowest BCUT2D eigenvalue weighted by Crippen LogP contribution is -2.11. The average molecular weight is 242 g/mol. The zero-order chi connectivity index (χ0) is 13.1. The van der Waals surface area contributed by atoms with Gasteiger partial charge in [-0.05, 0) is 45.0 Å². The SMILES string of the molecule is CNCc1cc(C)n([C@@H](C)c2ccccc2)c1C. The molecule has 0 aliphatic carbocycles. The van der Waals surface area contributed by atoms with Crippen LogP contribution in [0.1, 0.15) is 35.5 Å². The maximum Gasteiger partial charge on any atom is 0.0556 e. The number of hydrogen-bond donors (Lipinski definition) is 1. The van der Waals surface area contributed by atoms with Crippen LogP contribution in [0.2, 0.25) is 0 Å². The van der Waals surface area contributed by atoms with E-state index in [1.165, 1.54) is 22.5 Å². The summed E-state index contributed by atoms with van der Waals surface area (Å²) >= 11 is 0. The van der Waals surface area contributed by atoms with Crippen LogP contribution in [0.4, 0.5) is 0 Å². The van der Waals surface area contributed by atoms with Crippen molar-refractivity contribution in [3.05, 3.63) is 58.9 Å². The Bertz CT molecular complexity index is 511. The molecule has 1 atom stereocenters. The van der Waals surface area contributed by atoms with Crippen LogP contribution in [0.15, 0.2) is 36.4 Å². The summed E-state index contributed by atoms with van der Waals surface area (Å²) < 4.78 is 2.42. The molecule has 2 nitrogen and oxygen atoms in total. The van der Waals surface area contributed by atoms with Gasteiger partial charge in [-0.25, -0.2) is 0 Å². The fourth-order valence-electron chi connectivity index (χ4n) is 2.69. The average Bonchev–Trinajstić information content (AvgIpc) is 2.65. The number of nitrogens with zero attached hydrogens (tertiary/aromatic N) is 1. The van der Waals surface area contributed by atoms with Gasteiger partial charge in [-0.15, -0.1) is 0 Å². The Morgan fingerprint density at radius 1 is 1.17 bits per heavy atom. The van der Waals surface area contributed by atoms with Gasteiger partial charge in [-0.3, -0.25) is 0 Å². The molecule has 0 spiro atoms. The summed E-state index contributed by atoms with van der Waals surface area (Å²) in [4.78, 5) is 0. The first-order valence-corrected chi connectivity index (χ1v) is 6.52. The zero-order valence-electron chi connectivity index (χ0n) is 11.7. The van der Waals surface area contributed by atoms with Gasteiger partial charge in [-0.2, -0.15) is 0 Å². The second kappa shape index (κ2) is 5.40. The van der Waals surface area contributed by atoms with Crippen LogP contribution in [-0.2, 0) is 6.54 Å². The molecule has 0 aliphatic rings. The summed E-state index contributed by atoms with van der Waals surface area (Å²) in [5, 5.41) is 3.23. The summed E-state index contributed by atoms with van der Waals surface area (Å²) in [6.07, 6.45) is 0. The molecule has 0 unspecified atom stereocenters. The van der Waals surface area contributed by atoms with E-state index in [4.69, 9.17) is 0 Å². The Hall–Kier alpha value is -1.54. The molecule has 0 saturated heterocycles. The molecule has 1 aromatic heterocycles. The van der Waals surface area contributed by atoms with Gasteiger partial charge in [-0.1, -0.05) is 30.3 Å². The Kier molecular flexibility index (Phi) is 3.87. The van der Waals surface area contributed by atoms with Crippen LogP contribution >= 0.6 is 0 Å². The minimum atomic E-state index is 0.386. The maximum absolute atomic E-state index is 3.23. The summed E-state index contributed by atoms with van der Waals surface area (Å²) in [5.74, 6) is 0. The Labute approximate surface area is 110 Å². The third-order valence-electron chi connectivity index (χ3n) is 3.63. The monoisotopic (exact) mass is 242 g/mol. The van der Waals surface area contributed by atoms with Crippen LogP contribution < -0.4 is 5.32 Å². The van der Waals surface area contributed by atoms with Crippen molar-refractivity contribution in [2.24, 2.45) is 0 Å². The molecule has 1 heterocycles. The van der Waals surface area contributed by atoms with Gasteiger partial charge in [0.1, 0.15) is 0 Å². The number of aryl methyl sites for hydroxylation is 1. The zero-order valence-corrected chi connectivity index (χ0v) is 11.7. The van der Waals surface area contributed by atoms with E-state index in [9.17, 15) is 0 Å². The maximum atomic E-state index is 3.23. The number of rotatable bonds is 4. The Morgan fingerprint density at radius 3 is 2.44 bits per heavy atom. The van der Waals surface area contributed by atoms with Gasteiger partial charge < -0.3 is 9.88 Å². The highest BCUT2D eigenvalue weighted by atomic mass is 15.0. The van der Waals surface area contributed by atoms with Crippen molar-refractivity contribution in [2.75, 3.05) is 7.05 Å². The highest BCUT2D eigenvalue weighted by Gasteiger charge is 2.14. The number of nitrogens with one attached hydrogen (secondary N) is 1. The highest BCUT2D eigenvalue weighted by molar-refractivity contribution is 5.30. The van der Waals surface area contributed by atoms with Gasteiger partial charge in [0.15, 0.2) is 0 Å². The second-order valence-electron chi connectivity index (χ2n) is 4.88. The predicted molar refractivity (Wildman–Crippen MR) is 76.9 cm³/mol. The summed E-state index contributed by atoms with van der Waals surface area (Å²) in [7, 11) is 1.99. The van der Waals surface area contributed by atoms with E-state index in [-0.39, 0.29) is 0 Å². The van der Waals surface area contributed by atoms with Crippen LogP contribution in [0.5, 0.6) is 0 Å². The lowest BCUT2D eigenvalue weighted by atomic mass is 10.1. The molecule has 2 aromatic rings. The Morgan fingerprint density at radius 2 is 1.83 bits per heavy atom. The lowest BCUT2D eigenvalue weighted by molar-refractivity contribution is 0.606. The third kappa shape index (κ3) is 2.34. The topological polar surface area (TPSA) is 17.0 Å². The first kappa shape index (κ1) is 12.9. The summed E-state index contributed by atoms with van der Waals surface area (Å²) in [5.41, 5.74) is 5.43. The van der Waals surface area contributed by atoms with E-state index in [1.54, 1.807) is 0 Å². The van der Waals surface area contributed by atoms with Crippen LogP contribution in [0.25, 0.3) is 0 Å². The first-order chi connectivity index (χ1) is 8.65. The number of benzene rings is 1. The van der Waals surface area contributed by atoms with Crippen molar-refractivity contribution in [1.82, 2.24) is 9.88 Å². The minimum absolute atomic E-state index is 0.386. The van der Waals surface area contributed by atoms with Crippen molar-refractivity contribution >= 4 is 0 Å². The van der Waals surface area contributed by atoms with Crippen LogP contribution in [0, 0.1) is 13.8 Å². The highest BCUT2D eigenvalue weighted by Crippen LogP contribution is 2.25. The van der Waals surface area contributed by atoms with E-state index < -0.39 is 0 Å². The molecule has 1 N–H and O–H groups in total. The molecule has 0 fully saturated rings. The number of hydrogen-bond acceptors (Lipinski definition) is 1. The van der Waals surface area contributed by atoms with Crippen molar-refractivity contribution < 1.29 is 0 Å². The smallest absolute Gasteiger partial charge is 0.0556 e. The number of aromatic nitrogens is 1. The first-order valence-electron chi connectivity index (χ1n) is 6.52. The fourth-order valence-corrected chi connectivity index (χ4v) is 2.69. The molecule has 0 radical (unpaired) electrons. The Balaban J connectivity index is 2.39. The fraction of sp³-hybridized carbons (Fsp3) is 0.375. The van der Waals surface area contributed by atoms with Crippen molar-refractivity contribution in [3.8, 4) is 0 Å². The van der Waals surface area contributed by atoms with Crippen LogP contribution in [-0.4, -0.2) is 11.6 Å². The van der Waals surface area contributed by atoms with E-state index in [0.29, 0.717) is 6.04 Å². The van der Waals surface area contributed by atoms with E-state index in [0.717, 1.165) is 6.54 Å². The quantitative estimate of drug-likeness (QED) is 0.869. The third-order valence-corrected chi connectivity index (χ3v) is 3.63. The molecule has 2 heteroatoms. The van der Waals surface area contributed by atoms with Gasteiger partial charge in [0, 0.05) is 17.9 Å². The van der Waals surface area contributed by atoms with Gasteiger partial charge >= 0.3 is 0 Å². The molecule has 18 heavy (non-hydrogen) atoms. The molecule has 0 bridgehead atoms. The van der Waals surface area contributed by atoms with Gasteiger partial charge in [0.25, 0.3) is 0 Å². The standard InChI is InChI=1S/C16H22N2/c1-12-10-16(11-17-4)14(3)18(12)13(2)15-8-6-5-7-9-15/h5-10,13,17H,11H2,1-4H3/t13-/m0/s1. The predicted octanol–water partition coefficient (Wildman–Crippen LogP) is 3.43. The molecule has 0 aliphatic heterocycles. The van der Waals surface area contributed by atoms with E-state index in [1.807, 2.05) is 7.05 Å². The largest absolute Gasteiger partial charge is 0.342 e. The lowest BCUT2D eigenvalue weighted by Gasteiger charge is -2.19. The normalized spacial score (nSPS) is 12.7. The summed E-state index contributed by atoms with van der Waals surface area (Å²) in [6.45, 7) is 7.59. The van der Waals surface area contributed by atoms with Crippen molar-refractivity contribution in [2.45, 2.75) is 33.4 Å². The van der Waals surface area contributed by atoms with Gasteiger partial charge in [0.2, 0.25) is 0 Å².